The summed E-state index contributed by atoms with van der Waals surface area (Å²) in [6, 6.07) is -0.877. The molecule has 1 amide bonds. The lowest BCUT2D eigenvalue weighted by atomic mass is 10.1. The van der Waals surface area contributed by atoms with Crippen LogP contribution in [-0.4, -0.2) is 47.8 Å². The van der Waals surface area contributed by atoms with E-state index in [0.717, 1.165) is 44.9 Å². The summed E-state index contributed by atoms with van der Waals surface area (Å²) in [6.45, 7) is 4.05. The Labute approximate surface area is 269 Å². The zero-order chi connectivity index (χ0) is 32.6. The van der Waals surface area contributed by atoms with Gasteiger partial charge in [0.05, 0.1) is 25.4 Å². The predicted octanol–water partition coefficient (Wildman–Crippen LogP) is 8.82. The lowest BCUT2D eigenvalue weighted by Gasteiger charge is -2.23. The number of aliphatic hydroxyl groups is 1. The zero-order valence-corrected chi connectivity index (χ0v) is 29.0. The van der Waals surface area contributed by atoms with Crippen LogP contribution in [0.4, 0.5) is 0 Å². The van der Waals surface area contributed by atoms with Crippen molar-refractivity contribution in [2.24, 2.45) is 5.73 Å². The molecule has 0 bridgehead atoms. The Morgan fingerprint density at radius 1 is 0.727 bits per heavy atom. The van der Waals surface area contributed by atoms with Crippen LogP contribution in [0.3, 0.4) is 0 Å². The van der Waals surface area contributed by atoms with Crippen LogP contribution in [0.2, 0.25) is 0 Å². The maximum Gasteiger partial charge on any atom is 0.472 e. The van der Waals surface area contributed by atoms with Gasteiger partial charge in [-0.1, -0.05) is 134 Å². The van der Waals surface area contributed by atoms with E-state index in [1.165, 1.54) is 83.5 Å². The summed E-state index contributed by atoms with van der Waals surface area (Å²) < 4.78 is 21.9. The first kappa shape index (κ1) is 42.7. The average Bonchev–Trinajstić information content (AvgIpc) is 3.01. The lowest BCUT2D eigenvalue weighted by Crippen LogP contribution is -2.45. The van der Waals surface area contributed by atoms with Crippen LogP contribution in [0.25, 0.3) is 0 Å². The summed E-state index contributed by atoms with van der Waals surface area (Å²) in [5, 5.41) is 13.5. The largest absolute Gasteiger partial charge is 0.472 e. The fourth-order valence-corrected chi connectivity index (χ4v) is 5.51. The molecule has 0 aromatic rings. The van der Waals surface area contributed by atoms with Crippen molar-refractivity contribution < 1.29 is 28.4 Å². The Kier molecular flexibility index (Phi) is 30.8. The fourth-order valence-electron chi connectivity index (χ4n) is 4.75. The maximum atomic E-state index is 12.6. The first-order chi connectivity index (χ1) is 21.4. The minimum absolute atomic E-state index is 0.0721. The van der Waals surface area contributed by atoms with Crippen molar-refractivity contribution >= 4 is 13.7 Å². The van der Waals surface area contributed by atoms with Gasteiger partial charge in [-0.05, 0) is 44.9 Å². The van der Waals surface area contributed by atoms with Gasteiger partial charge in [-0.25, -0.2) is 4.57 Å². The number of phosphoric acid groups is 1. The molecule has 3 atom stereocenters. The second-order valence-electron chi connectivity index (χ2n) is 11.7. The van der Waals surface area contributed by atoms with Crippen LogP contribution in [0.1, 0.15) is 149 Å². The van der Waals surface area contributed by atoms with Gasteiger partial charge in [-0.15, -0.1) is 0 Å². The second kappa shape index (κ2) is 31.7. The van der Waals surface area contributed by atoms with Crippen molar-refractivity contribution in [1.82, 2.24) is 5.32 Å². The molecule has 0 spiro atoms. The van der Waals surface area contributed by atoms with Gasteiger partial charge < -0.3 is 21.1 Å². The molecule has 0 aromatic heterocycles. The number of carbonyl (C=O) groups is 1. The molecule has 0 saturated carbocycles. The average molecular weight is 643 g/mol. The number of allylic oxidation sites excluding steroid dienone is 5. The lowest BCUT2D eigenvalue weighted by molar-refractivity contribution is -0.123. The number of amides is 1. The number of carbonyl (C=O) groups excluding carboxylic acids is 1. The van der Waals surface area contributed by atoms with Crippen LogP contribution in [0.15, 0.2) is 36.5 Å². The molecule has 0 rings (SSSR count). The monoisotopic (exact) mass is 642 g/mol. The van der Waals surface area contributed by atoms with E-state index in [1.807, 2.05) is 6.08 Å². The van der Waals surface area contributed by atoms with E-state index in [-0.39, 0.29) is 25.7 Å². The molecular formula is C35H67N2O6P. The van der Waals surface area contributed by atoms with Gasteiger partial charge in [0, 0.05) is 13.0 Å². The van der Waals surface area contributed by atoms with Crippen LogP contribution < -0.4 is 11.1 Å². The van der Waals surface area contributed by atoms with Gasteiger partial charge in [0.25, 0.3) is 0 Å². The van der Waals surface area contributed by atoms with Crippen LogP contribution in [0.5, 0.6) is 0 Å². The SMILES string of the molecule is CCCCCCC/C=C/CC/C=C/CC/C=C/C(O)C(COP(=O)(O)OCCN)NC(=O)CCCCCCCCCCCC. The summed E-state index contributed by atoms with van der Waals surface area (Å²) in [5.41, 5.74) is 5.34. The van der Waals surface area contributed by atoms with Gasteiger partial charge >= 0.3 is 7.82 Å². The normalized spacial score (nSPS) is 14.9. The third-order valence-corrected chi connectivity index (χ3v) is 8.43. The van der Waals surface area contributed by atoms with E-state index >= 15 is 0 Å². The van der Waals surface area contributed by atoms with Crippen molar-refractivity contribution in [3.8, 4) is 0 Å². The van der Waals surface area contributed by atoms with Crippen LogP contribution in [-0.2, 0) is 18.4 Å². The van der Waals surface area contributed by atoms with Gasteiger partial charge in [0.15, 0.2) is 0 Å². The standard InChI is InChI=1S/C35H67N2O6P/c1-3-5-7-9-11-13-15-16-17-18-19-20-22-24-26-28-34(38)33(32-43-44(40,41)42-31-30-36)37-35(39)29-27-25-23-21-14-12-10-8-6-4-2/h15-16,19-20,26,28,33-34,38H,3-14,17-18,21-25,27,29-32,36H2,1-2H3,(H,37,39)(H,40,41)/b16-15+,20-19+,28-26+. The van der Waals surface area contributed by atoms with Gasteiger partial charge in [0.1, 0.15) is 0 Å². The number of hydrogen-bond donors (Lipinski definition) is 4. The molecule has 5 N–H and O–H groups in total. The fraction of sp³-hybridized carbons (Fsp3) is 0.800. The van der Waals surface area contributed by atoms with Crippen molar-refractivity contribution in [1.29, 1.82) is 0 Å². The number of unbranched alkanes of at least 4 members (excludes halogenated alkanes) is 16. The summed E-state index contributed by atoms with van der Waals surface area (Å²) in [5.74, 6) is -0.213. The third-order valence-electron chi connectivity index (χ3n) is 7.45. The third kappa shape index (κ3) is 29.4. The Morgan fingerprint density at radius 2 is 1.20 bits per heavy atom. The quantitative estimate of drug-likeness (QED) is 0.0328. The summed E-state index contributed by atoms with van der Waals surface area (Å²) >= 11 is 0. The molecular weight excluding hydrogens is 575 g/mol. The topological polar surface area (TPSA) is 131 Å². The van der Waals surface area contributed by atoms with Crippen LogP contribution >= 0.6 is 7.82 Å². The minimum Gasteiger partial charge on any atom is -0.387 e. The van der Waals surface area contributed by atoms with Crippen LogP contribution in [0, 0.1) is 0 Å². The molecule has 3 unspecified atom stereocenters. The van der Waals surface area contributed by atoms with Crippen molar-refractivity contribution in [2.45, 2.75) is 161 Å². The van der Waals surface area contributed by atoms with E-state index in [0.29, 0.717) is 6.42 Å². The summed E-state index contributed by atoms with van der Waals surface area (Å²) in [7, 11) is -4.34. The molecule has 44 heavy (non-hydrogen) atoms. The Balaban J connectivity index is 4.46. The van der Waals surface area contributed by atoms with E-state index in [1.54, 1.807) is 6.08 Å². The number of rotatable bonds is 32. The predicted molar refractivity (Wildman–Crippen MR) is 184 cm³/mol. The van der Waals surface area contributed by atoms with Gasteiger partial charge in [-0.2, -0.15) is 0 Å². The molecule has 0 fully saturated rings. The Bertz CT molecular complexity index is 789. The second-order valence-corrected chi connectivity index (χ2v) is 13.2. The number of hydrogen-bond acceptors (Lipinski definition) is 6. The molecule has 0 aromatic carbocycles. The van der Waals surface area contributed by atoms with Crippen molar-refractivity contribution in [3.05, 3.63) is 36.5 Å². The van der Waals surface area contributed by atoms with E-state index in [9.17, 15) is 19.4 Å². The summed E-state index contributed by atoms with van der Waals surface area (Å²) in [6.07, 6.45) is 34.8. The van der Waals surface area contributed by atoms with E-state index in [2.05, 4.69) is 43.5 Å². The Morgan fingerprint density at radius 3 is 1.75 bits per heavy atom. The first-order valence-electron chi connectivity index (χ1n) is 17.6. The highest BCUT2D eigenvalue weighted by Crippen LogP contribution is 2.43. The van der Waals surface area contributed by atoms with Gasteiger partial charge in [-0.3, -0.25) is 13.8 Å². The molecule has 0 heterocycles. The highest BCUT2D eigenvalue weighted by molar-refractivity contribution is 7.47. The number of aliphatic hydroxyl groups excluding tert-OH is 1. The molecule has 9 heteroatoms. The minimum atomic E-state index is -4.34. The van der Waals surface area contributed by atoms with Gasteiger partial charge in [0.2, 0.25) is 5.91 Å². The highest BCUT2D eigenvalue weighted by atomic mass is 31.2. The first-order valence-corrected chi connectivity index (χ1v) is 19.1. The maximum absolute atomic E-state index is 12.6. The number of phosphoric ester groups is 1. The van der Waals surface area contributed by atoms with Crippen molar-refractivity contribution in [2.75, 3.05) is 19.8 Å². The molecule has 8 nitrogen and oxygen atoms in total. The molecule has 258 valence electrons. The molecule has 0 radical (unpaired) electrons. The molecule has 0 aliphatic rings. The smallest absolute Gasteiger partial charge is 0.387 e. The Hall–Kier alpha value is -1.28. The number of nitrogens with one attached hydrogen (secondary N) is 1. The molecule has 0 aliphatic heterocycles. The zero-order valence-electron chi connectivity index (χ0n) is 28.1. The summed E-state index contributed by atoms with van der Waals surface area (Å²) in [4.78, 5) is 22.5. The molecule has 0 saturated heterocycles. The van der Waals surface area contributed by atoms with E-state index < -0.39 is 20.0 Å². The molecule has 0 aliphatic carbocycles. The van der Waals surface area contributed by atoms with Crippen molar-refractivity contribution in [3.63, 3.8) is 0 Å². The highest BCUT2D eigenvalue weighted by Gasteiger charge is 2.26. The number of nitrogens with two attached hydrogens (primary N) is 1. The van der Waals surface area contributed by atoms with E-state index in [4.69, 9.17) is 14.8 Å².